The summed E-state index contributed by atoms with van der Waals surface area (Å²) in [5, 5.41) is 10.9. The highest BCUT2D eigenvalue weighted by molar-refractivity contribution is 4.94. The van der Waals surface area contributed by atoms with Crippen molar-refractivity contribution in [2.75, 3.05) is 6.61 Å². The Morgan fingerprint density at radius 1 is 1.05 bits per heavy atom. The first-order chi connectivity index (χ1) is 10.2. The number of hydrogen-bond donors (Lipinski definition) is 1. The van der Waals surface area contributed by atoms with Gasteiger partial charge in [-0.3, -0.25) is 0 Å². The van der Waals surface area contributed by atoms with E-state index in [1.807, 2.05) is 0 Å². The lowest BCUT2D eigenvalue weighted by atomic mass is 9.71. The Labute approximate surface area is 130 Å². The fourth-order valence-corrected chi connectivity index (χ4v) is 5.34. The van der Waals surface area contributed by atoms with Gasteiger partial charge in [-0.1, -0.05) is 45.4 Å². The molecule has 1 N–H and O–H groups in total. The lowest BCUT2D eigenvalue weighted by Gasteiger charge is -2.43. The van der Waals surface area contributed by atoms with Gasteiger partial charge in [-0.05, 0) is 56.3 Å². The highest BCUT2D eigenvalue weighted by Gasteiger charge is 2.43. The number of aliphatic hydroxyl groups excluding tert-OH is 1. The molecule has 2 unspecified atom stereocenters. The summed E-state index contributed by atoms with van der Waals surface area (Å²) < 4.78 is 6.13. The maximum atomic E-state index is 10.9. The van der Waals surface area contributed by atoms with Crippen molar-refractivity contribution in [3.8, 4) is 0 Å². The highest BCUT2D eigenvalue weighted by Crippen LogP contribution is 2.45. The minimum Gasteiger partial charge on any atom is -0.393 e. The minimum atomic E-state index is -0.0612. The van der Waals surface area contributed by atoms with Gasteiger partial charge < -0.3 is 9.84 Å². The molecule has 2 saturated carbocycles. The topological polar surface area (TPSA) is 29.5 Å². The lowest BCUT2D eigenvalue weighted by molar-refractivity contribution is -0.122. The third-order valence-electron chi connectivity index (χ3n) is 6.60. The van der Waals surface area contributed by atoms with Crippen LogP contribution in [0.1, 0.15) is 84.0 Å². The average molecular weight is 294 g/mol. The monoisotopic (exact) mass is 294 g/mol. The van der Waals surface area contributed by atoms with Gasteiger partial charge in [0.1, 0.15) is 0 Å². The van der Waals surface area contributed by atoms with Crippen molar-refractivity contribution >= 4 is 0 Å². The molecule has 122 valence electrons. The van der Waals surface area contributed by atoms with E-state index >= 15 is 0 Å². The summed E-state index contributed by atoms with van der Waals surface area (Å²) in [5.74, 6) is 2.01. The zero-order valence-electron chi connectivity index (χ0n) is 13.9. The Hall–Kier alpha value is -0.0800. The van der Waals surface area contributed by atoms with E-state index in [1.54, 1.807) is 0 Å². The summed E-state index contributed by atoms with van der Waals surface area (Å²) in [4.78, 5) is 0. The normalized spacial score (nSPS) is 37.7. The van der Waals surface area contributed by atoms with Gasteiger partial charge in [0.05, 0.1) is 11.7 Å². The molecule has 21 heavy (non-hydrogen) atoms. The number of ether oxygens (including phenoxy) is 1. The predicted molar refractivity (Wildman–Crippen MR) is 86.2 cm³/mol. The molecule has 1 heterocycles. The molecule has 1 saturated heterocycles. The van der Waals surface area contributed by atoms with Gasteiger partial charge in [-0.25, -0.2) is 0 Å². The first-order valence-corrected chi connectivity index (χ1v) is 9.54. The van der Waals surface area contributed by atoms with Crippen LogP contribution in [0.2, 0.25) is 0 Å². The molecule has 1 aliphatic heterocycles. The lowest BCUT2D eigenvalue weighted by Crippen LogP contribution is -2.43. The average Bonchev–Trinajstić information content (AvgIpc) is 2.95. The Kier molecular flexibility index (Phi) is 5.27. The van der Waals surface area contributed by atoms with Crippen molar-refractivity contribution in [3.05, 3.63) is 0 Å². The third kappa shape index (κ3) is 3.64. The standard InChI is InChI=1S/C19H34O2/c1-2-5-15-6-8-16(9-7-15)18(20)17-10-13-21-19(14-17)11-3-4-12-19/h15-18,20H,2-14H2,1H3. The van der Waals surface area contributed by atoms with E-state index in [9.17, 15) is 5.11 Å². The zero-order chi connectivity index (χ0) is 14.7. The van der Waals surface area contributed by atoms with Crippen LogP contribution >= 0.6 is 0 Å². The molecule has 0 radical (unpaired) electrons. The molecule has 2 atom stereocenters. The van der Waals surface area contributed by atoms with Crippen LogP contribution in [0, 0.1) is 17.8 Å². The third-order valence-corrected chi connectivity index (χ3v) is 6.60. The molecular weight excluding hydrogens is 260 g/mol. The molecule has 1 spiro atoms. The fourth-order valence-electron chi connectivity index (χ4n) is 5.34. The second-order valence-electron chi connectivity index (χ2n) is 8.05. The fraction of sp³-hybridized carbons (Fsp3) is 1.00. The molecule has 2 aliphatic carbocycles. The van der Waals surface area contributed by atoms with Crippen molar-refractivity contribution in [1.29, 1.82) is 0 Å². The van der Waals surface area contributed by atoms with Crippen LogP contribution < -0.4 is 0 Å². The number of rotatable bonds is 4. The van der Waals surface area contributed by atoms with Crippen LogP contribution in [-0.2, 0) is 4.74 Å². The van der Waals surface area contributed by atoms with Crippen LogP contribution in [0.4, 0.5) is 0 Å². The second kappa shape index (κ2) is 7.00. The molecule has 0 bridgehead atoms. The molecule has 0 aromatic heterocycles. The van der Waals surface area contributed by atoms with Gasteiger partial charge in [-0.15, -0.1) is 0 Å². The molecule has 2 nitrogen and oxygen atoms in total. The van der Waals surface area contributed by atoms with Gasteiger partial charge in [-0.2, -0.15) is 0 Å². The maximum absolute atomic E-state index is 10.9. The van der Waals surface area contributed by atoms with Crippen LogP contribution in [0.5, 0.6) is 0 Å². The summed E-state index contributed by atoms with van der Waals surface area (Å²) in [6.07, 6.45) is 15.2. The smallest absolute Gasteiger partial charge is 0.0686 e. The van der Waals surface area contributed by atoms with E-state index in [-0.39, 0.29) is 11.7 Å². The van der Waals surface area contributed by atoms with Crippen molar-refractivity contribution in [3.63, 3.8) is 0 Å². The Bertz CT molecular complexity index is 314. The van der Waals surface area contributed by atoms with Gasteiger partial charge in [0.25, 0.3) is 0 Å². The van der Waals surface area contributed by atoms with Crippen LogP contribution in [0.15, 0.2) is 0 Å². The van der Waals surface area contributed by atoms with Crippen molar-refractivity contribution < 1.29 is 9.84 Å². The second-order valence-corrected chi connectivity index (χ2v) is 8.05. The molecule has 3 rings (SSSR count). The Morgan fingerprint density at radius 2 is 1.76 bits per heavy atom. The van der Waals surface area contributed by atoms with Crippen molar-refractivity contribution in [2.24, 2.45) is 17.8 Å². The SMILES string of the molecule is CCCC1CCC(C(O)C2CCOC3(CCCC3)C2)CC1. The summed E-state index contributed by atoms with van der Waals surface area (Å²) >= 11 is 0. The largest absolute Gasteiger partial charge is 0.393 e. The molecule has 3 aliphatic rings. The Morgan fingerprint density at radius 3 is 2.43 bits per heavy atom. The zero-order valence-corrected chi connectivity index (χ0v) is 13.9. The van der Waals surface area contributed by atoms with Crippen LogP contribution in [0.3, 0.4) is 0 Å². The molecular formula is C19H34O2. The highest BCUT2D eigenvalue weighted by atomic mass is 16.5. The summed E-state index contributed by atoms with van der Waals surface area (Å²) in [7, 11) is 0. The summed E-state index contributed by atoms with van der Waals surface area (Å²) in [6.45, 7) is 3.18. The first-order valence-electron chi connectivity index (χ1n) is 9.54. The van der Waals surface area contributed by atoms with Gasteiger partial charge in [0.2, 0.25) is 0 Å². The molecule has 0 aromatic rings. The van der Waals surface area contributed by atoms with Crippen molar-refractivity contribution in [1.82, 2.24) is 0 Å². The first kappa shape index (κ1) is 15.8. The van der Waals surface area contributed by atoms with Gasteiger partial charge in [0, 0.05) is 6.61 Å². The predicted octanol–water partition coefficient (Wildman–Crippen LogP) is 4.69. The van der Waals surface area contributed by atoms with E-state index in [0.29, 0.717) is 11.8 Å². The molecule has 3 fully saturated rings. The van der Waals surface area contributed by atoms with E-state index < -0.39 is 0 Å². The maximum Gasteiger partial charge on any atom is 0.0686 e. The van der Waals surface area contributed by atoms with Gasteiger partial charge >= 0.3 is 0 Å². The minimum absolute atomic E-state index is 0.0612. The van der Waals surface area contributed by atoms with Crippen LogP contribution in [0.25, 0.3) is 0 Å². The summed E-state index contributed by atoms with van der Waals surface area (Å²) in [6, 6.07) is 0. The molecule has 2 heteroatoms. The number of hydrogen-bond acceptors (Lipinski definition) is 2. The van der Waals surface area contributed by atoms with E-state index in [4.69, 9.17) is 4.74 Å². The summed E-state index contributed by atoms with van der Waals surface area (Å²) in [5.41, 5.74) is 0.156. The van der Waals surface area contributed by atoms with E-state index in [2.05, 4.69) is 6.92 Å². The molecule has 0 amide bonds. The van der Waals surface area contributed by atoms with Gasteiger partial charge in [0.15, 0.2) is 0 Å². The van der Waals surface area contributed by atoms with E-state index in [0.717, 1.165) is 25.4 Å². The quantitative estimate of drug-likeness (QED) is 0.815. The van der Waals surface area contributed by atoms with Crippen molar-refractivity contribution in [2.45, 2.75) is 95.7 Å². The number of aliphatic hydroxyl groups is 1. The molecule has 0 aromatic carbocycles. The van der Waals surface area contributed by atoms with Crippen LogP contribution in [-0.4, -0.2) is 23.4 Å². The Balaban J connectivity index is 1.52. The van der Waals surface area contributed by atoms with E-state index in [1.165, 1.54) is 64.2 Å².